The van der Waals surface area contributed by atoms with Gasteiger partial charge in [-0.2, -0.15) is 0 Å². The van der Waals surface area contributed by atoms with E-state index in [0.29, 0.717) is 6.42 Å². The van der Waals surface area contributed by atoms with Crippen LogP contribution < -0.4 is 0 Å². The van der Waals surface area contributed by atoms with E-state index in [9.17, 15) is 4.79 Å². The van der Waals surface area contributed by atoms with Crippen LogP contribution >= 0.6 is 0 Å². The topological polar surface area (TPSA) is 57.0 Å². The van der Waals surface area contributed by atoms with Crippen LogP contribution in [-0.2, 0) is 17.6 Å². The SMILES string of the molecule is CCc1cccc(-n2nnc(C(=O)OC)c2CC)c1. The summed E-state index contributed by atoms with van der Waals surface area (Å²) in [6, 6.07) is 8.04. The number of esters is 1. The molecule has 0 atom stereocenters. The molecule has 1 aromatic heterocycles. The van der Waals surface area contributed by atoms with Gasteiger partial charge >= 0.3 is 5.97 Å². The summed E-state index contributed by atoms with van der Waals surface area (Å²) in [4.78, 5) is 11.6. The van der Waals surface area contributed by atoms with Gasteiger partial charge in [-0.25, -0.2) is 9.48 Å². The number of hydrogen-bond acceptors (Lipinski definition) is 4. The Labute approximate surface area is 112 Å². The van der Waals surface area contributed by atoms with Gasteiger partial charge in [-0.3, -0.25) is 0 Å². The van der Waals surface area contributed by atoms with Crippen LogP contribution in [0.4, 0.5) is 0 Å². The van der Waals surface area contributed by atoms with Crippen molar-refractivity contribution < 1.29 is 9.53 Å². The minimum atomic E-state index is -0.449. The lowest BCUT2D eigenvalue weighted by atomic mass is 10.1. The molecule has 1 aromatic carbocycles. The number of methoxy groups -OCH3 is 1. The minimum Gasteiger partial charge on any atom is -0.464 e. The quantitative estimate of drug-likeness (QED) is 0.790. The largest absolute Gasteiger partial charge is 0.464 e. The average molecular weight is 259 g/mol. The molecule has 0 saturated carbocycles. The molecule has 0 fully saturated rings. The highest BCUT2D eigenvalue weighted by Crippen LogP contribution is 2.16. The van der Waals surface area contributed by atoms with E-state index in [4.69, 9.17) is 4.74 Å². The Bertz CT molecular complexity index is 590. The van der Waals surface area contributed by atoms with Crippen LogP contribution in [0.3, 0.4) is 0 Å². The molecule has 2 aromatic rings. The van der Waals surface area contributed by atoms with Gasteiger partial charge in [0.05, 0.1) is 18.5 Å². The van der Waals surface area contributed by atoms with Crippen LogP contribution in [0.1, 0.15) is 35.6 Å². The molecule has 5 nitrogen and oxygen atoms in total. The van der Waals surface area contributed by atoms with Crippen LogP contribution in [-0.4, -0.2) is 28.1 Å². The Morgan fingerprint density at radius 2 is 2.11 bits per heavy atom. The van der Waals surface area contributed by atoms with E-state index in [2.05, 4.69) is 29.4 Å². The molecule has 0 bridgehead atoms. The van der Waals surface area contributed by atoms with Gasteiger partial charge < -0.3 is 4.74 Å². The number of aromatic nitrogens is 3. The van der Waals surface area contributed by atoms with Gasteiger partial charge in [0, 0.05) is 0 Å². The predicted octanol–water partition coefficient (Wildman–Crippen LogP) is 2.18. The van der Waals surface area contributed by atoms with Gasteiger partial charge in [-0.1, -0.05) is 31.2 Å². The molecule has 0 N–H and O–H groups in total. The third-order valence-corrected chi connectivity index (χ3v) is 3.04. The van der Waals surface area contributed by atoms with Crippen LogP contribution in [0.5, 0.6) is 0 Å². The van der Waals surface area contributed by atoms with Gasteiger partial charge in [-0.15, -0.1) is 5.10 Å². The molecule has 5 heteroatoms. The van der Waals surface area contributed by atoms with E-state index in [1.807, 2.05) is 19.1 Å². The highest BCUT2D eigenvalue weighted by Gasteiger charge is 2.19. The van der Waals surface area contributed by atoms with Crippen molar-refractivity contribution in [2.24, 2.45) is 0 Å². The number of benzene rings is 1. The summed E-state index contributed by atoms with van der Waals surface area (Å²) in [5.74, 6) is -0.449. The number of carbonyl (C=O) groups excluding carboxylic acids is 1. The van der Waals surface area contributed by atoms with Gasteiger partial charge in [0.2, 0.25) is 0 Å². The molecule has 0 spiro atoms. The normalized spacial score (nSPS) is 10.5. The molecule has 0 saturated heterocycles. The molecule has 0 radical (unpaired) electrons. The van der Waals surface area contributed by atoms with Gasteiger partial charge in [0.15, 0.2) is 5.69 Å². The summed E-state index contributed by atoms with van der Waals surface area (Å²) < 4.78 is 6.42. The maximum Gasteiger partial charge on any atom is 0.360 e. The Hall–Kier alpha value is -2.17. The van der Waals surface area contributed by atoms with Crippen molar-refractivity contribution in [2.45, 2.75) is 26.7 Å². The lowest BCUT2D eigenvalue weighted by Gasteiger charge is -2.07. The Balaban J connectivity index is 2.50. The third-order valence-electron chi connectivity index (χ3n) is 3.04. The summed E-state index contributed by atoms with van der Waals surface area (Å²) >= 11 is 0. The minimum absolute atomic E-state index is 0.284. The fraction of sp³-hybridized carbons (Fsp3) is 0.357. The lowest BCUT2D eigenvalue weighted by molar-refractivity contribution is 0.0592. The summed E-state index contributed by atoms with van der Waals surface area (Å²) in [6.07, 6.45) is 1.61. The standard InChI is InChI=1S/C14H17N3O2/c1-4-10-7-6-8-11(9-10)17-12(5-2)13(15-16-17)14(18)19-3/h6-9H,4-5H2,1-3H3. The second-order valence-electron chi connectivity index (χ2n) is 4.17. The van der Waals surface area contributed by atoms with Gasteiger partial charge in [-0.05, 0) is 30.5 Å². The number of carbonyl (C=O) groups is 1. The maximum atomic E-state index is 11.6. The zero-order valence-corrected chi connectivity index (χ0v) is 11.4. The molecule has 19 heavy (non-hydrogen) atoms. The number of rotatable bonds is 4. The van der Waals surface area contributed by atoms with Gasteiger partial charge in [0.25, 0.3) is 0 Å². The molecule has 0 aliphatic rings. The summed E-state index contributed by atoms with van der Waals surface area (Å²) in [7, 11) is 1.35. The zero-order valence-electron chi connectivity index (χ0n) is 11.4. The Morgan fingerprint density at radius 3 is 2.74 bits per heavy atom. The summed E-state index contributed by atoms with van der Waals surface area (Å²) in [5.41, 5.74) is 3.18. The van der Waals surface area contributed by atoms with Crippen LogP contribution in [0, 0.1) is 0 Å². The van der Waals surface area contributed by atoms with Crippen molar-refractivity contribution >= 4 is 5.97 Å². The monoisotopic (exact) mass is 259 g/mol. The Kier molecular flexibility index (Phi) is 3.94. The molecule has 0 aliphatic heterocycles. The first-order valence-corrected chi connectivity index (χ1v) is 6.33. The van der Waals surface area contributed by atoms with Crippen molar-refractivity contribution in [2.75, 3.05) is 7.11 Å². The first-order chi connectivity index (χ1) is 9.21. The first kappa shape index (κ1) is 13.3. The van der Waals surface area contributed by atoms with E-state index in [-0.39, 0.29) is 5.69 Å². The molecule has 0 aliphatic carbocycles. The number of hydrogen-bond donors (Lipinski definition) is 0. The van der Waals surface area contributed by atoms with Crippen LogP contribution in [0.2, 0.25) is 0 Å². The number of nitrogens with zero attached hydrogens (tertiary/aromatic N) is 3. The lowest BCUT2D eigenvalue weighted by Crippen LogP contribution is -2.08. The van der Waals surface area contributed by atoms with Crippen LogP contribution in [0.15, 0.2) is 24.3 Å². The summed E-state index contributed by atoms with van der Waals surface area (Å²) in [6.45, 7) is 4.06. The van der Waals surface area contributed by atoms with Gasteiger partial charge in [0.1, 0.15) is 0 Å². The zero-order chi connectivity index (χ0) is 13.8. The molecule has 0 unspecified atom stereocenters. The van der Waals surface area contributed by atoms with E-state index in [1.165, 1.54) is 12.7 Å². The van der Waals surface area contributed by atoms with Crippen molar-refractivity contribution in [3.8, 4) is 5.69 Å². The molecular weight excluding hydrogens is 242 g/mol. The second kappa shape index (κ2) is 5.65. The molecule has 0 amide bonds. The number of aryl methyl sites for hydroxylation is 1. The van der Waals surface area contributed by atoms with Crippen molar-refractivity contribution in [1.29, 1.82) is 0 Å². The highest BCUT2D eigenvalue weighted by molar-refractivity contribution is 5.88. The van der Waals surface area contributed by atoms with E-state index < -0.39 is 5.97 Å². The van der Waals surface area contributed by atoms with Crippen LogP contribution in [0.25, 0.3) is 5.69 Å². The first-order valence-electron chi connectivity index (χ1n) is 6.33. The fourth-order valence-corrected chi connectivity index (χ4v) is 1.99. The molecule has 2 rings (SSSR count). The molecular formula is C14H17N3O2. The van der Waals surface area contributed by atoms with E-state index >= 15 is 0 Å². The Morgan fingerprint density at radius 1 is 1.32 bits per heavy atom. The fourth-order valence-electron chi connectivity index (χ4n) is 1.99. The maximum absolute atomic E-state index is 11.6. The molecule has 1 heterocycles. The summed E-state index contributed by atoms with van der Waals surface area (Å²) in [5, 5.41) is 8.00. The van der Waals surface area contributed by atoms with E-state index in [0.717, 1.165) is 17.8 Å². The van der Waals surface area contributed by atoms with Crippen molar-refractivity contribution in [3.63, 3.8) is 0 Å². The smallest absolute Gasteiger partial charge is 0.360 e. The van der Waals surface area contributed by atoms with E-state index in [1.54, 1.807) is 4.68 Å². The highest BCUT2D eigenvalue weighted by atomic mass is 16.5. The second-order valence-corrected chi connectivity index (χ2v) is 4.17. The third kappa shape index (κ3) is 2.50. The molecule has 100 valence electrons. The average Bonchev–Trinajstić information content (AvgIpc) is 2.90. The number of ether oxygens (including phenoxy) is 1. The van der Waals surface area contributed by atoms with Crippen molar-refractivity contribution in [3.05, 3.63) is 41.2 Å². The predicted molar refractivity (Wildman–Crippen MR) is 71.5 cm³/mol. The van der Waals surface area contributed by atoms with Crippen molar-refractivity contribution in [1.82, 2.24) is 15.0 Å².